The average Bonchev–Trinajstić information content (AvgIpc) is 3.13. The fourth-order valence-electron chi connectivity index (χ4n) is 3.65. The molecule has 148 valence electrons. The molecule has 0 radical (unpaired) electrons. The van der Waals surface area contributed by atoms with Gasteiger partial charge in [-0.05, 0) is 78.9 Å². The van der Waals surface area contributed by atoms with Gasteiger partial charge in [0.15, 0.2) is 0 Å². The summed E-state index contributed by atoms with van der Waals surface area (Å²) in [6.07, 6.45) is 1.97. The van der Waals surface area contributed by atoms with Crippen LogP contribution in [0.15, 0.2) is 45.9 Å². The highest BCUT2D eigenvalue weighted by molar-refractivity contribution is 9.28. The maximum atomic E-state index is 14.2. The third-order valence-corrected chi connectivity index (χ3v) is 6.04. The number of ether oxygens (including phenoxy) is 1. The summed E-state index contributed by atoms with van der Waals surface area (Å²) in [4.78, 5) is 12.6. The van der Waals surface area contributed by atoms with Crippen molar-refractivity contribution in [2.45, 2.75) is 27.4 Å². The first kappa shape index (κ1) is 21.2. The standard InChI is InChI=1S/C22H20Br2F2O2/c1-12-13(5-4-6-15(12)16-8-7-14(25)9-18(16)26)11-28-21(27)20-17(10-19(23)24)22(20,2)3/h4-10,17,20H,11H2,1-3H3/t17-,20-/m0/s1. The lowest BCUT2D eigenvalue weighted by Crippen LogP contribution is -2.11. The Morgan fingerprint density at radius 1 is 1.18 bits per heavy atom. The van der Waals surface area contributed by atoms with Gasteiger partial charge in [0.2, 0.25) is 0 Å². The fraction of sp³-hybridized carbons (Fsp3) is 0.318. The van der Waals surface area contributed by atoms with Gasteiger partial charge in [0.05, 0.1) is 9.31 Å². The average molecular weight is 514 g/mol. The molecule has 1 aliphatic rings. The van der Waals surface area contributed by atoms with Crippen LogP contribution in [-0.4, -0.2) is 5.97 Å². The highest BCUT2D eigenvalue weighted by atomic mass is 79.9. The van der Waals surface area contributed by atoms with Crippen molar-refractivity contribution < 1.29 is 18.3 Å². The highest BCUT2D eigenvalue weighted by Crippen LogP contribution is 2.60. The summed E-state index contributed by atoms with van der Waals surface area (Å²) in [5.74, 6) is -1.57. The number of hydrogen-bond donors (Lipinski definition) is 0. The Balaban J connectivity index is 1.76. The van der Waals surface area contributed by atoms with Gasteiger partial charge in [0.25, 0.3) is 0 Å². The zero-order valence-corrected chi connectivity index (χ0v) is 18.9. The number of rotatable bonds is 5. The van der Waals surface area contributed by atoms with Crippen molar-refractivity contribution in [1.82, 2.24) is 0 Å². The predicted octanol–water partition coefficient (Wildman–Crippen LogP) is 6.89. The molecule has 0 aliphatic heterocycles. The van der Waals surface area contributed by atoms with Crippen LogP contribution in [0.4, 0.5) is 8.78 Å². The zero-order valence-electron chi connectivity index (χ0n) is 15.7. The number of esters is 1. The number of carbonyl (C=O) groups excluding carboxylic acids is 1. The summed E-state index contributed by atoms with van der Waals surface area (Å²) in [6.45, 7) is 6.02. The van der Waals surface area contributed by atoms with E-state index in [-0.39, 0.29) is 29.8 Å². The zero-order chi connectivity index (χ0) is 20.6. The van der Waals surface area contributed by atoms with Gasteiger partial charge in [-0.25, -0.2) is 8.78 Å². The van der Waals surface area contributed by atoms with Gasteiger partial charge < -0.3 is 4.74 Å². The van der Waals surface area contributed by atoms with Crippen molar-refractivity contribution in [3.05, 3.63) is 68.6 Å². The molecule has 0 bridgehead atoms. The van der Waals surface area contributed by atoms with E-state index in [9.17, 15) is 13.6 Å². The van der Waals surface area contributed by atoms with E-state index in [0.29, 0.717) is 11.1 Å². The maximum absolute atomic E-state index is 14.2. The SMILES string of the molecule is Cc1c(COC(=O)[C@@H]2[C@H](C=C(Br)Br)C2(C)C)cccc1-c1ccc(F)cc1F. The fourth-order valence-corrected chi connectivity index (χ4v) is 4.22. The summed E-state index contributed by atoms with van der Waals surface area (Å²) in [5.41, 5.74) is 2.42. The van der Waals surface area contributed by atoms with E-state index in [2.05, 4.69) is 31.9 Å². The van der Waals surface area contributed by atoms with E-state index < -0.39 is 11.6 Å². The number of halogens is 4. The molecule has 0 spiro atoms. The lowest BCUT2D eigenvalue weighted by Gasteiger charge is -2.13. The first-order valence-electron chi connectivity index (χ1n) is 8.86. The Morgan fingerprint density at radius 3 is 2.54 bits per heavy atom. The Labute approximate surface area is 180 Å². The third kappa shape index (κ3) is 4.23. The minimum atomic E-state index is -0.619. The lowest BCUT2D eigenvalue weighted by molar-refractivity contribution is -0.147. The largest absolute Gasteiger partial charge is 0.461 e. The molecule has 2 atom stereocenters. The van der Waals surface area contributed by atoms with Crippen LogP contribution in [0, 0.1) is 35.8 Å². The second-order valence-corrected chi connectivity index (χ2v) is 10.4. The molecular weight excluding hydrogens is 494 g/mol. The molecule has 0 amide bonds. The maximum Gasteiger partial charge on any atom is 0.310 e. The van der Waals surface area contributed by atoms with Gasteiger partial charge in [-0.2, -0.15) is 0 Å². The summed E-state index contributed by atoms with van der Waals surface area (Å²) in [5, 5.41) is 0. The minimum Gasteiger partial charge on any atom is -0.461 e. The second-order valence-electron chi connectivity index (χ2n) is 7.60. The first-order chi connectivity index (χ1) is 13.1. The molecule has 2 aromatic carbocycles. The van der Waals surface area contributed by atoms with E-state index in [0.717, 1.165) is 20.6 Å². The van der Waals surface area contributed by atoms with Gasteiger partial charge in [-0.15, -0.1) is 0 Å². The van der Waals surface area contributed by atoms with Crippen LogP contribution in [0.2, 0.25) is 0 Å². The van der Waals surface area contributed by atoms with Crippen LogP contribution >= 0.6 is 31.9 Å². The number of benzene rings is 2. The Kier molecular flexibility index (Phi) is 6.11. The van der Waals surface area contributed by atoms with Crippen molar-refractivity contribution in [2.24, 2.45) is 17.3 Å². The van der Waals surface area contributed by atoms with Crippen LogP contribution in [-0.2, 0) is 16.1 Å². The molecule has 28 heavy (non-hydrogen) atoms. The number of carbonyl (C=O) groups is 1. The minimum absolute atomic E-state index is 0.106. The molecule has 0 N–H and O–H groups in total. The molecule has 1 aliphatic carbocycles. The van der Waals surface area contributed by atoms with E-state index in [4.69, 9.17) is 4.74 Å². The number of allylic oxidation sites excluding steroid dienone is 1. The molecule has 3 rings (SSSR count). The lowest BCUT2D eigenvalue weighted by atomic mass is 9.96. The van der Waals surface area contributed by atoms with Crippen LogP contribution in [0.1, 0.15) is 25.0 Å². The van der Waals surface area contributed by atoms with E-state index in [1.54, 1.807) is 12.1 Å². The molecule has 6 heteroatoms. The van der Waals surface area contributed by atoms with Crippen LogP contribution in [0.5, 0.6) is 0 Å². The van der Waals surface area contributed by atoms with Crippen molar-refractivity contribution in [3.63, 3.8) is 0 Å². The van der Waals surface area contributed by atoms with E-state index in [1.807, 2.05) is 32.9 Å². The molecule has 2 aromatic rings. The van der Waals surface area contributed by atoms with Gasteiger partial charge >= 0.3 is 5.97 Å². The molecule has 0 unspecified atom stereocenters. The molecule has 2 nitrogen and oxygen atoms in total. The molecule has 0 saturated heterocycles. The van der Waals surface area contributed by atoms with Crippen LogP contribution in [0.25, 0.3) is 11.1 Å². The molecule has 1 fully saturated rings. The van der Waals surface area contributed by atoms with Gasteiger partial charge in [-0.1, -0.05) is 38.1 Å². The smallest absolute Gasteiger partial charge is 0.310 e. The summed E-state index contributed by atoms with van der Waals surface area (Å²) in [7, 11) is 0. The Morgan fingerprint density at radius 2 is 1.89 bits per heavy atom. The second kappa shape index (κ2) is 8.07. The molecular formula is C22H20Br2F2O2. The summed E-state index contributed by atoms with van der Waals surface area (Å²) >= 11 is 6.68. The normalized spacial score (nSPS) is 19.8. The summed E-state index contributed by atoms with van der Waals surface area (Å²) in [6, 6.07) is 8.92. The van der Waals surface area contributed by atoms with Crippen molar-refractivity contribution in [2.75, 3.05) is 0 Å². The predicted molar refractivity (Wildman–Crippen MR) is 113 cm³/mol. The van der Waals surface area contributed by atoms with Crippen molar-refractivity contribution >= 4 is 37.8 Å². The van der Waals surface area contributed by atoms with Gasteiger partial charge in [0.1, 0.15) is 18.2 Å². The monoisotopic (exact) mass is 512 g/mol. The van der Waals surface area contributed by atoms with Gasteiger partial charge in [0, 0.05) is 11.6 Å². The topological polar surface area (TPSA) is 26.3 Å². The third-order valence-electron chi connectivity index (χ3n) is 5.51. The Bertz CT molecular complexity index is 950. The van der Waals surface area contributed by atoms with E-state index >= 15 is 0 Å². The van der Waals surface area contributed by atoms with Crippen molar-refractivity contribution in [1.29, 1.82) is 0 Å². The van der Waals surface area contributed by atoms with Crippen LogP contribution < -0.4 is 0 Å². The summed E-state index contributed by atoms with van der Waals surface area (Å²) < 4.78 is 33.8. The van der Waals surface area contributed by atoms with Gasteiger partial charge in [-0.3, -0.25) is 4.79 Å². The quantitative estimate of drug-likeness (QED) is 0.407. The number of hydrogen-bond acceptors (Lipinski definition) is 2. The molecule has 0 heterocycles. The molecule has 0 aromatic heterocycles. The van der Waals surface area contributed by atoms with Crippen molar-refractivity contribution in [3.8, 4) is 11.1 Å². The van der Waals surface area contributed by atoms with E-state index in [1.165, 1.54) is 12.1 Å². The Hall–Kier alpha value is -1.53. The van der Waals surface area contributed by atoms with Crippen LogP contribution in [0.3, 0.4) is 0 Å². The first-order valence-corrected chi connectivity index (χ1v) is 10.4. The highest BCUT2D eigenvalue weighted by Gasteiger charge is 2.61. The molecule has 1 saturated carbocycles.